The molecule has 80 valence electrons. The number of rotatable bonds is 2. The molecule has 1 atom stereocenters. The van der Waals surface area contributed by atoms with Gasteiger partial charge in [0.2, 0.25) is 0 Å². The predicted molar refractivity (Wildman–Crippen MR) is 58.2 cm³/mol. The molecule has 0 fully saturated rings. The third-order valence-electron chi connectivity index (χ3n) is 2.31. The molecule has 0 aliphatic carbocycles. The van der Waals surface area contributed by atoms with Crippen molar-refractivity contribution in [3.05, 3.63) is 18.1 Å². The fourth-order valence-corrected chi connectivity index (χ4v) is 1.65. The van der Waals surface area contributed by atoms with Gasteiger partial charge in [-0.25, -0.2) is 9.97 Å². The molecule has 2 rings (SSSR count). The first kappa shape index (κ1) is 9.92. The smallest absolute Gasteiger partial charge is 0.190 e. The third-order valence-corrected chi connectivity index (χ3v) is 2.31. The van der Waals surface area contributed by atoms with Crippen molar-refractivity contribution in [2.24, 2.45) is 0 Å². The zero-order valence-corrected chi connectivity index (χ0v) is 8.82. The van der Waals surface area contributed by atoms with Crippen LogP contribution in [0.1, 0.15) is 19.0 Å². The highest BCUT2D eigenvalue weighted by atomic mass is 16.5. The van der Waals surface area contributed by atoms with E-state index in [1.54, 1.807) is 0 Å². The molecule has 5 nitrogen and oxygen atoms in total. The minimum absolute atomic E-state index is 0.168. The van der Waals surface area contributed by atoms with Gasteiger partial charge in [0.25, 0.3) is 0 Å². The third kappa shape index (κ3) is 1.55. The molecule has 0 amide bonds. The minimum atomic E-state index is -0.168. The van der Waals surface area contributed by atoms with E-state index in [0.29, 0.717) is 11.6 Å². The maximum Gasteiger partial charge on any atom is 0.190 e. The molecule has 1 aromatic rings. The summed E-state index contributed by atoms with van der Waals surface area (Å²) in [6.07, 6.45) is 4.30. The van der Waals surface area contributed by atoms with Crippen LogP contribution in [0.3, 0.4) is 0 Å². The maximum atomic E-state index is 5.72. The Labute approximate surface area is 88.4 Å². The molecule has 0 saturated carbocycles. The van der Waals surface area contributed by atoms with Gasteiger partial charge in [-0.1, -0.05) is 13.0 Å². The van der Waals surface area contributed by atoms with E-state index in [9.17, 15) is 0 Å². The number of allylic oxidation sites excluding steroid dienone is 1. The minimum Gasteiger partial charge on any atom is -0.465 e. The Morgan fingerprint density at radius 3 is 3.07 bits per heavy atom. The summed E-state index contributed by atoms with van der Waals surface area (Å²) in [5, 5.41) is 3.06. The van der Waals surface area contributed by atoms with Gasteiger partial charge in [0.1, 0.15) is 12.0 Å². The van der Waals surface area contributed by atoms with E-state index in [2.05, 4.69) is 28.3 Å². The van der Waals surface area contributed by atoms with E-state index in [-0.39, 0.29) is 6.23 Å². The Kier molecular flexibility index (Phi) is 2.55. The number of aromatic nitrogens is 2. The summed E-state index contributed by atoms with van der Waals surface area (Å²) >= 11 is 0. The highest BCUT2D eigenvalue weighted by molar-refractivity contribution is 5.77. The Bertz CT molecular complexity index is 402. The summed E-state index contributed by atoms with van der Waals surface area (Å²) in [5.41, 5.74) is 7.54. The van der Waals surface area contributed by atoms with Gasteiger partial charge in [-0.15, -0.1) is 0 Å². The monoisotopic (exact) mass is 206 g/mol. The lowest BCUT2D eigenvalue weighted by Crippen LogP contribution is -2.28. The molecule has 0 radical (unpaired) electrons. The van der Waals surface area contributed by atoms with E-state index >= 15 is 0 Å². The summed E-state index contributed by atoms with van der Waals surface area (Å²) in [7, 11) is 1.84. The van der Waals surface area contributed by atoms with Crippen molar-refractivity contribution < 1.29 is 4.74 Å². The highest BCUT2D eigenvalue weighted by Gasteiger charge is 2.30. The van der Waals surface area contributed by atoms with E-state index in [1.807, 2.05) is 7.05 Å². The van der Waals surface area contributed by atoms with Crippen molar-refractivity contribution in [3.8, 4) is 5.75 Å². The van der Waals surface area contributed by atoms with Crippen molar-refractivity contribution in [2.45, 2.75) is 19.6 Å². The molecule has 15 heavy (non-hydrogen) atoms. The molecule has 1 aromatic heterocycles. The van der Waals surface area contributed by atoms with Crippen LogP contribution in [-0.4, -0.2) is 23.2 Å². The van der Waals surface area contributed by atoms with Gasteiger partial charge >= 0.3 is 0 Å². The standard InChI is InChI=1S/C10H14N4O/c1-3-4-6-7-8(15-10(6)12-2)9(11)14-5-13-7/h4-5,10,12H,3H2,1-2H3,(H2,11,13,14). The van der Waals surface area contributed by atoms with Crippen LogP contribution in [0, 0.1) is 0 Å². The number of hydrogen-bond donors (Lipinski definition) is 2. The summed E-state index contributed by atoms with van der Waals surface area (Å²) in [5.74, 6) is 0.969. The van der Waals surface area contributed by atoms with Crippen LogP contribution in [0.25, 0.3) is 5.57 Å². The number of nitrogen functional groups attached to an aromatic ring is 1. The Hall–Kier alpha value is -1.62. The average molecular weight is 206 g/mol. The van der Waals surface area contributed by atoms with Crippen LogP contribution in [0.5, 0.6) is 5.75 Å². The van der Waals surface area contributed by atoms with E-state index < -0.39 is 0 Å². The van der Waals surface area contributed by atoms with Crippen molar-refractivity contribution in [3.63, 3.8) is 0 Å². The number of nitrogens with two attached hydrogens (primary N) is 1. The number of likely N-dealkylation sites (N-methyl/N-ethyl adjacent to an activating group) is 1. The number of fused-ring (bicyclic) bond motifs is 1. The zero-order chi connectivity index (χ0) is 10.8. The molecule has 5 heteroatoms. The van der Waals surface area contributed by atoms with Gasteiger partial charge in [-0.3, -0.25) is 5.32 Å². The number of ether oxygens (including phenoxy) is 1. The van der Waals surface area contributed by atoms with Crippen molar-refractivity contribution in [1.29, 1.82) is 0 Å². The van der Waals surface area contributed by atoms with Crippen LogP contribution in [-0.2, 0) is 0 Å². The summed E-state index contributed by atoms with van der Waals surface area (Å²) < 4.78 is 5.62. The van der Waals surface area contributed by atoms with Crippen LogP contribution in [0.2, 0.25) is 0 Å². The van der Waals surface area contributed by atoms with Gasteiger partial charge in [-0.2, -0.15) is 0 Å². The van der Waals surface area contributed by atoms with Gasteiger partial charge < -0.3 is 10.5 Å². The van der Waals surface area contributed by atoms with E-state index in [4.69, 9.17) is 10.5 Å². The summed E-state index contributed by atoms with van der Waals surface area (Å²) in [4.78, 5) is 8.09. The second-order valence-corrected chi connectivity index (χ2v) is 3.29. The maximum absolute atomic E-state index is 5.72. The molecule has 1 aliphatic heterocycles. The van der Waals surface area contributed by atoms with Crippen molar-refractivity contribution in [1.82, 2.24) is 15.3 Å². The molecule has 3 N–H and O–H groups in total. The van der Waals surface area contributed by atoms with Crippen molar-refractivity contribution >= 4 is 11.4 Å². The van der Waals surface area contributed by atoms with E-state index in [1.165, 1.54) is 6.33 Å². The SMILES string of the molecule is CCC=C1c2ncnc(N)c2OC1NC. The first-order valence-corrected chi connectivity index (χ1v) is 4.92. The molecule has 1 unspecified atom stereocenters. The lowest BCUT2D eigenvalue weighted by Gasteiger charge is -2.10. The van der Waals surface area contributed by atoms with E-state index in [0.717, 1.165) is 17.7 Å². The summed E-state index contributed by atoms with van der Waals surface area (Å²) in [6, 6.07) is 0. The van der Waals surface area contributed by atoms with Crippen molar-refractivity contribution in [2.75, 3.05) is 12.8 Å². The molecular weight excluding hydrogens is 192 g/mol. The van der Waals surface area contributed by atoms with Crippen LogP contribution in [0.15, 0.2) is 12.4 Å². The lowest BCUT2D eigenvalue weighted by molar-refractivity contribution is 0.248. The van der Waals surface area contributed by atoms with Gasteiger partial charge in [0.15, 0.2) is 17.8 Å². The molecule has 2 heterocycles. The second-order valence-electron chi connectivity index (χ2n) is 3.29. The highest BCUT2D eigenvalue weighted by Crippen LogP contribution is 2.37. The normalized spacial score (nSPS) is 21.5. The fraction of sp³-hybridized carbons (Fsp3) is 0.400. The second kappa shape index (κ2) is 3.86. The summed E-state index contributed by atoms with van der Waals surface area (Å²) in [6.45, 7) is 2.07. The molecule has 1 aliphatic rings. The first-order valence-electron chi connectivity index (χ1n) is 4.92. The first-order chi connectivity index (χ1) is 7.27. The van der Waals surface area contributed by atoms with Crippen LogP contribution in [0.4, 0.5) is 5.82 Å². The number of anilines is 1. The lowest BCUT2D eigenvalue weighted by atomic mass is 10.1. The molecule has 0 saturated heterocycles. The zero-order valence-electron chi connectivity index (χ0n) is 8.82. The average Bonchev–Trinajstić information content (AvgIpc) is 2.59. The predicted octanol–water partition coefficient (Wildman–Crippen LogP) is 0.790. The molecule has 0 aromatic carbocycles. The Morgan fingerprint density at radius 2 is 2.40 bits per heavy atom. The number of hydrogen-bond acceptors (Lipinski definition) is 5. The largest absolute Gasteiger partial charge is 0.465 e. The quantitative estimate of drug-likeness (QED) is 0.748. The molecule has 0 spiro atoms. The van der Waals surface area contributed by atoms with Crippen LogP contribution >= 0.6 is 0 Å². The van der Waals surface area contributed by atoms with Crippen LogP contribution < -0.4 is 15.8 Å². The Balaban J connectivity index is 2.49. The molecule has 0 bridgehead atoms. The fourth-order valence-electron chi connectivity index (χ4n) is 1.65. The topological polar surface area (TPSA) is 73.1 Å². The van der Waals surface area contributed by atoms with Gasteiger partial charge in [0, 0.05) is 5.57 Å². The van der Waals surface area contributed by atoms with Gasteiger partial charge in [-0.05, 0) is 13.5 Å². The number of nitrogens with one attached hydrogen (secondary N) is 1. The molecular formula is C10H14N4O. The van der Waals surface area contributed by atoms with Gasteiger partial charge in [0.05, 0.1) is 0 Å². The Morgan fingerprint density at radius 1 is 1.60 bits per heavy atom. The number of nitrogens with zero attached hydrogens (tertiary/aromatic N) is 2.